The van der Waals surface area contributed by atoms with Gasteiger partial charge in [0.1, 0.15) is 6.29 Å². The number of hydrogen-bond donors (Lipinski definition) is 0. The molecule has 0 aliphatic heterocycles. The first-order valence-electron chi connectivity index (χ1n) is 4.15. The van der Waals surface area contributed by atoms with Crippen LogP contribution in [0.25, 0.3) is 0 Å². The molecule has 0 aromatic carbocycles. The van der Waals surface area contributed by atoms with E-state index in [-0.39, 0.29) is 0 Å². The van der Waals surface area contributed by atoms with E-state index >= 15 is 0 Å². The van der Waals surface area contributed by atoms with Gasteiger partial charge in [0.05, 0.1) is 0 Å². The lowest BCUT2D eigenvalue weighted by Gasteiger charge is -1.82. The van der Waals surface area contributed by atoms with Gasteiger partial charge in [-0.25, -0.2) is 0 Å². The molecule has 0 aliphatic carbocycles. The largest absolute Gasteiger partial charge is 0.303 e. The van der Waals surface area contributed by atoms with Gasteiger partial charge >= 0.3 is 0 Å². The fraction of sp³-hybridized carbons (Fsp3) is 0.500. The number of rotatable bonds is 6. The summed E-state index contributed by atoms with van der Waals surface area (Å²) < 4.78 is 0. The normalized spacial score (nSPS) is 11.4. The lowest BCUT2D eigenvalue weighted by molar-refractivity contribution is -0.107. The van der Waals surface area contributed by atoms with E-state index in [0.717, 1.165) is 25.5 Å². The van der Waals surface area contributed by atoms with Crippen molar-refractivity contribution < 1.29 is 4.79 Å². The summed E-state index contributed by atoms with van der Waals surface area (Å²) in [5, 5.41) is 0. The maximum absolute atomic E-state index is 9.89. The van der Waals surface area contributed by atoms with Crippen molar-refractivity contribution >= 4 is 6.29 Å². The van der Waals surface area contributed by atoms with Crippen molar-refractivity contribution in [3.8, 4) is 0 Å². The van der Waals surface area contributed by atoms with Gasteiger partial charge in [0.25, 0.3) is 0 Å². The van der Waals surface area contributed by atoms with Crippen molar-refractivity contribution in [3.05, 3.63) is 24.3 Å². The second-order valence-corrected chi connectivity index (χ2v) is 2.33. The van der Waals surface area contributed by atoms with E-state index in [2.05, 4.69) is 31.2 Å². The molecule has 1 nitrogen and oxygen atoms in total. The second kappa shape index (κ2) is 9.15. The molecule has 0 atom stereocenters. The van der Waals surface area contributed by atoms with Gasteiger partial charge in [0.2, 0.25) is 0 Å². The molecule has 0 fully saturated rings. The number of carbonyl (C=O) groups is 1. The van der Waals surface area contributed by atoms with Crippen molar-refractivity contribution in [1.82, 2.24) is 0 Å². The van der Waals surface area contributed by atoms with Crippen LogP contribution in [0.4, 0.5) is 0 Å². The maximum Gasteiger partial charge on any atom is 0.120 e. The number of allylic oxidation sites excluding steroid dienone is 4. The first kappa shape index (κ1) is 10.2. The van der Waals surface area contributed by atoms with Gasteiger partial charge in [-0.2, -0.15) is 0 Å². The molecule has 0 aliphatic rings. The van der Waals surface area contributed by atoms with E-state index in [1.54, 1.807) is 0 Å². The molecule has 62 valence electrons. The third kappa shape index (κ3) is 9.15. The van der Waals surface area contributed by atoms with Crippen LogP contribution in [-0.2, 0) is 4.79 Å². The summed E-state index contributed by atoms with van der Waals surface area (Å²) in [6.45, 7) is 2.12. The number of hydrogen-bond acceptors (Lipinski definition) is 1. The first-order valence-corrected chi connectivity index (χ1v) is 4.15. The second-order valence-electron chi connectivity index (χ2n) is 2.33. The van der Waals surface area contributed by atoms with Gasteiger partial charge < -0.3 is 4.79 Å². The maximum atomic E-state index is 9.89. The van der Waals surface area contributed by atoms with Crippen LogP contribution < -0.4 is 0 Å². The van der Waals surface area contributed by atoms with Gasteiger partial charge in [-0.15, -0.1) is 0 Å². The Morgan fingerprint density at radius 2 is 1.73 bits per heavy atom. The van der Waals surface area contributed by atoms with Crippen LogP contribution in [0.5, 0.6) is 0 Å². The van der Waals surface area contributed by atoms with Crippen molar-refractivity contribution in [2.75, 3.05) is 0 Å². The Bertz CT molecular complexity index is 134. The zero-order valence-electron chi connectivity index (χ0n) is 7.12. The summed E-state index contributed by atoms with van der Waals surface area (Å²) in [5.41, 5.74) is 0. The highest BCUT2D eigenvalue weighted by Gasteiger charge is 1.76. The minimum absolute atomic E-state index is 0.647. The molecule has 0 bridgehead atoms. The zero-order valence-corrected chi connectivity index (χ0v) is 7.12. The zero-order chi connectivity index (χ0) is 8.36. The van der Waals surface area contributed by atoms with Crippen LogP contribution in [0.2, 0.25) is 0 Å². The summed E-state index contributed by atoms with van der Waals surface area (Å²) in [6.07, 6.45) is 13.0. The fourth-order valence-corrected chi connectivity index (χ4v) is 0.720. The van der Waals surface area contributed by atoms with Crippen molar-refractivity contribution in [3.63, 3.8) is 0 Å². The molecule has 1 heteroatoms. The summed E-state index contributed by atoms with van der Waals surface area (Å²) >= 11 is 0. The van der Waals surface area contributed by atoms with E-state index in [4.69, 9.17) is 0 Å². The quantitative estimate of drug-likeness (QED) is 0.325. The van der Waals surface area contributed by atoms with Gasteiger partial charge in [0, 0.05) is 6.42 Å². The minimum atomic E-state index is 0.647. The van der Waals surface area contributed by atoms with Crippen LogP contribution in [0.3, 0.4) is 0 Å². The lowest BCUT2D eigenvalue weighted by atomic mass is 10.2. The SMILES string of the molecule is CCC=CC/C=C\CCC=O. The Hall–Kier alpha value is -0.850. The average molecular weight is 152 g/mol. The predicted octanol–water partition coefficient (Wildman–Crippen LogP) is 2.88. The molecule has 0 radical (unpaired) electrons. The minimum Gasteiger partial charge on any atom is -0.303 e. The molecule has 0 aromatic rings. The molecular formula is C10H16O. The van der Waals surface area contributed by atoms with Crippen LogP contribution in [0.1, 0.15) is 32.6 Å². The Morgan fingerprint density at radius 3 is 2.36 bits per heavy atom. The van der Waals surface area contributed by atoms with Crippen molar-refractivity contribution in [2.45, 2.75) is 32.6 Å². The molecule has 0 rings (SSSR count). The van der Waals surface area contributed by atoms with Crippen molar-refractivity contribution in [1.29, 1.82) is 0 Å². The third-order valence-corrected chi connectivity index (χ3v) is 1.29. The number of carbonyl (C=O) groups excluding carboxylic acids is 1. The number of aldehydes is 1. The average Bonchev–Trinajstić information content (AvgIpc) is 2.03. The predicted molar refractivity (Wildman–Crippen MR) is 48.5 cm³/mol. The van der Waals surface area contributed by atoms with Crippen molar-refractivity contribution in [2.24, 2.45) is 0 Å². The third-order valence-electron chi connectivity index (χ3n) is 1.29. The van der Waals surface area contributed by atoms with E-state index in [1.807, 2.05) is 0 Å². The summed E-state index contributed by atoms with van der Waals surface area (Å²) in [6, 6.07) is 0. The molecule has 0 spiro atoms. The van der Waals surface area contributed by atoms with Crippen LogP contribution in [0, 0.1) is 0 Å². The highest BCUT2D eigenvalue weighted by atomic mass is 16.1. The molecule has 0 saturated carbocycles. The standard InChI is InChI=1S/C10H16O/c1-2-3-4-5-6-7-8-9-10-11/h3-4,6-7,10H,2,5,8-9H2,1H3/b4-3?,7-6-. The smallest absolute Gasteiger partial charge is 0.120 e. The monoisotopic (exact) mass is 152 g/mol. The highest BCUT2D eigenvalue weighted by molar-refractivity contribution is 5.49. The molecule has 0 aromatic heterocycles. The van der Waals surface area contributed by atoms with Crippen LogP contribution in [-0.4, -0.2) is 6.29 Å². The van der Waals surface area contributed by atoms with Gasteiger partial charge in [0.15, 0.2) is 0 Å². The molecule has 0 unspecified atom stereocenters. The van der Waals surface area contributed by atoms with Gasteiger partial charge in [-0.3, -0.25) is 0 Å². The van der Waals surface area contributed by atoms with Crippen LogP contribution in [0.15, 0.2) is 24.3 Å². The Kier molecular flexibility index (Phi) is 8.44. The molecular weight excluding hydrogens is 136 g/mol. The van der Waals surface area contributed by atoms with Crippen LogP contribution >= 0.6 is 0 Å². The molecule has 0 amide bonds. The molecule has 0 N–H and O–H groups in total. The topological polar surface area (TPSA) is 17.1 Å². The lowest BCUT2D eigenvalue weighted by Crippen LogP contribution is -1.69. The fourth-order valence-electron chi connectivity index (χ4n) is 0.720. The molecule has 0 saturated heterocycles. The summed E-state index contributed by atoms with van der Waals surface area (Å²) in [5.74, 6) is 0. The molecule has 0 heterocycles. The Balaban J connectivity index is 3.15. The van der Waals surface area contributed by atoms with Gasteiger partial charge in [-0.05, 0) is 19.3 Å². The first-order chi connectivity index (χ1) is 5.41. The van der Waals surface area contributed by atoms with E-state index in [0.29, 0.717) is 6.42 Å². The molecule has 11 heavy (non-hydrogen) atoms. The highest BCUT2D eigenvalue weighted by Crippen LogP contribution is 1.92. The summed E-state index contributed by atoms with van der Waals surface area (Å²) in [4.78, 5) is 9.89. The Labute approximate surface area is 68.8 Å². The van der Waals surface area contributed by atoms with E-state index in [1.165, 1.54) is 0 Å². The van der Waals surface area contributed by atoms with Gasteiger partial charge in [-0.1, -0.05) is 31.2 Å². The Morgan fingerprint density at radius 1 is 1.00 bits per heavy atom. The number of unbranched alkanes of at least 4 members (excludes halogenated alkanes) is 1. The van der Waals surface area contributed by atoms with E-state index < -0.39 is 0 Å². The van der Waals surface area contributed by atoms with E-state index in [9.17, 15) is 4.79 Å². The summed E-state index contributed by atoms with van der Waals surface area (Å²) in [7, 11) is 0.